The molecule has 9 heteroatoms. The van der Waals surface area contributed by atoms with Gasteiger partial charge in [-0.3, -0.25) is 4.79 Å². The Morgan fingerprint density at radius 3 is 2.52 bits per heavy atom. The minimum atomic E-state index is -3.11. The van der Waals surface area contributed by atoms with Crippen LogP contribution in [0, 0.1) is 0 Å². The smallest absolute Gasteiger partial charge is 0.285 e. The first-order valence-corrected chi connectivity index (χ1v) is 11.7. The summed E-state index contributed by atoms with van der Waals surface area (Å²) in [7, 11) is -1.53. The molecule has 1 amide bonds. The number of ether oxygens (including phenoxy) is 2. The Hall–Kier alpha value is -2.52. The Kier molecular flexibility index (Phi) is 5.51. The lowest BCUT2D eigenvalue weighted by molar-refractivity contribution is -0.119. The van der Waals surface area contributed by atoms with E-state index in [1.807, 2.05) is 35.2 Å². The van der Waals surface area contributed by atoms with Gasteiger partial charge in [-0.25, -0.2) is 8.42 Å². The van der Waals surface area contributed by atoms with Crippen LogP contribution in [0.15, 0.2) is 59.6 Å². The van der Waals surface area contributed by atoms with E-state index in [9.17, 15) is 13.2 Å². The number of hydrogen-bond acceptors (Lipinski definition) is 6. The third-order valence-corrected chi connectivity index (χ3v) is 7.95. The lowest BCUT2D eigenvalue weighted by atomic mass is 10.2. The number of carbonyl (C=O) groups excluding carboxylic acids is 1. The molecule has 2 fully saturated rings. The topological polar surface area (TPSA) is 85.3 Å². The van der Waals surface area contributed by atoms with Crippen LogP contribution in [0.5, 0.6) is 11.5 Å². The number of para-hydroxylation sites is 1. The summed E-state index contributed by atoms with van der Waals surface area (Å²) in [4.78, 5) is 18.5. The number of hydrogen-bond donors (Lipinski definition) is 0. The predicted molar refractivity (Wildman–Crippen MR) is 114 cm³/mol. The van der Waals surface area contributed by atoms with Crippen molar-refractivity contribution in [2.24, 2.45) is 4.99 Å². The third kappa shape index (κ3) is 4.40. The Morgan fingerprint density at radius 2 is 1.83 bits per heavy atom. The van der Waals surface area contributed by atoms with Gasteiger partial charge >= 0.3 is 0 Å². The van der Waals surface area contributed by atoms with Crippen LogP contribution in [0.4, 0.5) is 5.69 Å². The lowest BCUT2D eigenvalue weighted by Crippen LogP contribution is -2.37. The fourth-order valence-corrected chi connectivity index (χ4v) is 7.34. The average Bonchev–Trinajstić information content (AvgIpc) is 3.18. The number of thioether (sulfide) groups is 1. The minimum Gasteiger partial charge on any atom is -0.497 e. The van der Waals surface area contributed by atoms with Gasteiger partial charge in [0.2, 0.25) is 0 Å². The summed E-state index contributed by atoms with van der Waals surface area (Å²) in [5.74, 6) is 1.00. The highest BCUT2D eigenvalue weighted by molar-refractivity contribution is 8.16. The van der Waals surface area contributed by atoms with Crippen LogP contribution in [-0.4, -0.2) is 56.0 Å². The number of benzene rings is 2. The summed E-state index contributed by atoms with van der Waals surface area (Å²) in [6, 6.07) is 16.1. The minimum absolute atomic E-state index is 0.0461. The van der Waals surface area contributed by atoms with Crippen molar-refractivity contribution in [3.63, 3.8) is 0 Å². The highest BCUT2D eigenvalue weighted by atomic mass is 32.2. The van der Waals surface area contributed by atoms with E-state index < -0.39 is 15.7 Å². The standard InChI is InChI=1S/C20H20N2O5S2/c1-26-15-9-7-14(8-10-15)22-17-12-29(24,25)13-18(17)28-20(22)21-19(23)11-27-16-5-3-2-4-6-16/h2-10,17-18H,11-13H2,1H3/t17-,18-/m0/s1. The second kappa shape index (κ2) is 8.08. The average molecular weight is 433 g/mol. The summed E-state index contributed by atoms with van der Waals surface area (Å²) in [6.45, 7) is -0.182. The number of anilines is 1. The fraction of sp³-hybridized carbons (Fsp3) is 0.300. The van der Waals surface area contributed by atoms with Crippen molar-refractivity contribution in [1.29, 1.82) is 0 Å². The highest BCUT2D eigenvalue weighted by Crippen LogP contribution is 2.41. The maximum Gasteiger partial charge on any atom is 0.285 e. The number of carbonyl (C=O) groups is 1. The van der Waals surface area contributed by atoms with Gasteiger partial charge in [0.15, 0.2) is 21.6 Å². The molecule has 2 saturated heterocycles. The fourth-order valence-electron chi connectivity index (χ4n) is 3.41. The van der Waals surface area contributed by atoms with Gasteiger partial charge < -0.3 is 14.4 Å². The van der Waals surface area contributed by atoms with E-state index in [4.69, 9.17) is 9.47 Å². The van der Waals surface area contributed by atoms with E-state index in [0.717, 1.165) is 5.69 Å². The monoisotopic (exact) mass is 432 g/mol. The first kappa shape index (κ1) is 19.8. The number of aliphatic imine (C=N–C) groups is 1. The molecule has 0 aliphatic carbocycles. The molecule has 2 aromatic carbocycles. The van der Waals surface area contributed by atoms with E-state index in [1.165, 1.54) is 11.8 Å². The SMILES string of the molecule is COc1ccc(N2C(=NC(=O)COc3ccccc3)S[C@H]3CS(=O)(=O)C[C@@H]32)cc1. The summed E-state index contributed by atoms with van der Waals surface area (Å²) >= 11 is 1.34. The molecular formula is C20H20N2O5S2. The summed E-state index contributed by atoms with van der Waals surface area (Å²) < 4.78 is 34.9. The molecule has 2 aliphatic heterocycles. The zero-order chi connectivity index (χ0) is 20.4. The number of nitrogens with zero attached hydrogens (tertiary/aromatic N) is 2. The van der Waals surface area contributed by atoms with E-state index in [-0.39, 0.29) is 29.4 Å². The zero-order valence-electron chi connectivity index (χ0n) is 15.7. The van der Waals surface area contributed by atoms with Gasteiger partial charge in [0, 0.05) is 10.9 Å². The molecule has 0 bridgehead atoms. The van der Waals surface area contributed by atoms with Crippen molar-refractivity contribution in [3.8, 4) is 11.5 Å². The normalized spacial score (nSPS) is 23.8. The third-order valence-electron chi connectivity index (χ3n) is 4.74. The van der Waals surface area contributed by atoms with Gasteiger partial charge in [0.05, 0.1) is 24.7 Å². The lowest BCUT2D eigenvalue weighted by Gasteiger charge is -2.24. The number of amidine groups is 1. The Bertz CT molecular complexity index is 1020. The molecule has 2 heterocycles. The van der Waals surface area contributed by atoms with Gasteiger partial charge in [0.25, 0.3) is 5.91 Å². The molecule has 152 valence electrons. The Labute approximate surface area is 173 Å². The number of rotatable bonds is 5. The van der Waals surface area contributed by atoms with Crippen LogP contribution in [0.3, 0.4) is 0 Å². The molecule has 0 unspecified atom stereocenters. The number of sulfone groups is 1. The van der Waals surface area contributed by atoms with Gasteiger partial charge in [0.1, 0.15) is 11.5 Å². The molecule has 0 saturated carbocycles. The maximum absolute atomic E-state index is 12.4. The van der Waals surface area contributed by atoms with E-state index >= 15 is 0 Å². The summed E-state index contributed by atoms with van der Waals surface area (Å²) in [6.07, 6.45) is 0. The van der Waals surface area contributed by atoms with Crippen LogP contribution in [-0.2, 0) is 14.6 Å². The largest absolute Gasteiger partial charge is 0.497 e. The maximum atomic E-state index is 12.4. The van der Waals surface area contributed by atoms with E-state index in [2.05, 4.69) is 4.99 Å². The van der Waals surface area contributed by atoms with Crippen LogP contribution in [0.2, 0.25) is 0 Å². The van der Waals surface area contributed by atoms with Crippen molar-refractivity contribution in [1.82, 2.24) is 0 Å². The van der Waals surface area contributed by atoms with E-state index in [1.54, 1.807) is 31.4 Å². The summed E-state index contributed by atoms with van der Waals surface area (Å²) in [5.41, 5.74) is 0.776. The van der Waals surface area contributed by atoms with Crippen molar-refractivity contribution in [2.45, 2.75) is 11.3 Å². The van der Waals surface area contributed by atoms with Crippen molar-refractivity contribution in [2.75, 3.05) is 30.1 Å². The predicted octanol–water partition coefficient (Wildman–Crippen LogP) is 2.38. The molecular weight excluding hydrogens is 412 g/mol. The second-order valence-electron chi connectivity index (χ2n) is 6.76. The molecule has 0 aromatic heterocycles. The summed E-state index contributed by atoms with van der Waals surface area (Å²) in [5, 5.41) is 0.352. The number of fused-ring (bicyclic) bond motifs is 1. The molecule has 2 aromatic rings. The van der Waals surface area contributed by atoms with Crippen molar-refractivity contribution < 1.29 is 22.7 Å². The molecule has 4 rings (SSSR count). The molecule has 2 atom stereocenters. The molecule has 0 radical (unpaired) electrons. The van der Waals surface area contributed by atoms with Gasteiger partial charge in [-0.2, -0.15) is 4.99 Å². The molecule has 0 spiro atoms. The van der Waals surface area contributed by atoms with Crippen LogP contribution >= 0.6 is 11.8 Å². The quantitative estimate of drug-likeness (QED) is 0.717. The van der Waals surface area contributed by atoms with Gasteiger partial charge in [-0.1, -0.05) is 30.0 Å². The molecule has 2 aliphatic rings. The Balaban J connectivity index is 1.57. The molecule has 29 heavy (non-hydrogen) atoms. The second-order valence-corrected chi connectivity index (χ2v) is 10.1. The Morgan fingerprint density at radius 1 is 1.10 bits per heavy atom. The molecule has 7 nitrogen and oxygen atoms in total. The first-order valence-electron chi connectivity index (χ1n) is 9.05. The number of methoxy groups -OCH3 is 1. The number of amides is 1. The van der Waals surface area contributed by atoms with Crippen LogP contribution in [0.1, 0.15) is 0 Å². The first-order chi connectivity index (χ1) is 13.9. The van der Waals surface area contributed by atoms with Gasteiger partial charge in [-0.05, 0) is 36.4 Å². The van der Waals surface area contributed by atoms with Crippen molar-refractivity contribution >= 4 is 38.4 Å². The highest BCUT2D eigenvalue weighted by Gasteiger charge is 2.49. The zero-order valence-corrected chi connectivity index (χ0v) is 17.4. The van der Waals surface area contributed by atoms with E-state index in [0.29, 0.717) is 16.7 Å². The van der Waals surface area contributed by atoms with Crippen LogP contribution in [0.25, 0.3) is 0 Å². The molecule has 0 N–H and O–H groups in total. The van der Waals surface area contributed by atoms with Gasteiger partial charge in [-0.15, -0.1) is 0 Å². The van der Waals surface area contributed by atoms with Crippen molar-refractivity contribution in [3.05, 3.63) is 54.6 Å². The van der Waals surface area contributed by atoms with Crippen LogP contribution < -0.4 is 14.4 Å².